The van der Waals surface area contributed by atoms with Crippen molar-refractivity contribution >= 4 is 5.91 Å². The Morgan fingerprint density at radius 3 is 3.11 bits per heavy atom. The number of nitrogens with two attached hydrogens (primary N) is 1. The van der Waals surface area contributed by atoms with Crippen molar-refractivity contribution in [2.75, 3.05) is 0 Å². The van der Waals surface area contributed by atoms with Crippen molar-refractivity contribution in [3.63, 3.8) is 0 Å². The number of amides is 1. The van der Waals surface area contributed by atoms with Gasteiger partial charge in [-0.2, -0.15) is 5.10 Å². The minimum atomic E-state index is -0.423. The molecule has 100 valence electrons. The number of hydrazine groups is 1. The van der Waals surface area contributed by atoms with E-state index in [1.807, 2.05) is 17.8 Å². The average Bonchev–Trinajstić information content (AvgIpc) is 3.06. The second-order valence-corrected chi connectivity index (χ2v) is 4.88. The van der Waals surface area contributed by atoms with Crippen LogP contribution < -0.4 is 11.3 Å². The smallest absolute Gasteiger partial charge is 0.300 e. The first kappa shape index (κ1) is 12.0. The minimum absolute atomic E-state index is 0.226. The number of aryl methyl sites for hydroxylation is 1. The Bertz CT molecular complexity index is 610. The van der Waals surface area contributed by atoms with E-state index in [1.54, 1.807) is 6.07 Å². The summed E-state index contributed by atoms with van der Waals surface area (Å²) in [6, 6.07) is 3.76. The Labute approximate surface area is 110 Å². The number of carbonyl (C=O) groups excluding carboxylic acids is 1. The molecular weight excluding hydrogens is 244 g/mol. The second kappa shape index (κ2) is 4.55. The maximum absolute atomic E-state index is 11.4. The van der Waals surface area contributed by atoms with Crippen LogP contribution in [0.25, 0.3) is 0 Å². The zero-order valence-electron chi connectivity index (χ0n) is 10.7. The second-order valence-electron chi connectivity index (χ2n) is 4.88. The number of furan rings is 1. The summed E-state index contributed by atoms with van der Waals surface area (Å²) in [4.78, 5) is 11.4. The van der Waals surface area contributed by atoms with E-state index in [2.05, 4.69) is 16.6 Å². The molecule has 0 aromatic carbocycles. The highest BCUT2D eigenvalue weighted by Crippen LogP contribution is 2.38. The Hall–Kier alpha value is -2.08. The van der Waals surface area contributed by atoms with Gasteiger partial charge >= 0.3 is 5.91 Å². The van der Waals surface area contributed by atoms with E-state index in [0.29, 0.717) is 18.2 Å². The predicted molar refractivity (Wildman–Crippen MR) is 68.4 cm³/mol. The molecule has 0 spiro atoms. The number of aromatic nitrogens is 2. The van der Waals surface area contributed by atoms with Gasteiger partial charge in [-0.1, -0.05) is 0 Å². The van der Waals surface area contributed by atoms with Crippen LogP contribution in [0.5, 0.6) is 0 Å². The van der Waals surface area contributed by atoms with Crippen LogP contribution in [0.15, 0.2) is 22.7 Å². The molecular formula is C13H16N4O2. The third-order valence-electron chi connectivity index (χ3n) is 3.36. The molecule has 0 bridgehead atoms. The van der Waals surface area contributed by atoms with Crippen molar-refractivity contribution in [2.45, 2.75) is 32.2 Å². The summed E-state index contributed by atoms with van der Waals surface area (Å²) in [7, 11) is 0. The molecule has 1 fully saturated rings. The van der Waals surface area contributed by atoms with Crippen LogP contribution in [-0.2, 0) is 6.54 Å². The number of nitrogens with one attached hydrogen (secondary N) is 1. The topological polar surface area (TPSA) is 86.1 Å². The fourth-order valence-corrected chi connectivity index (χ4v) is 2.10. The monoisotopic (exact) mass is 260 g/mol. The molecule has 0 aliphatic heterocycles. The molecule has 6 nitrogen and oxygen atoms in total. The minimum Gasteiger partial charge on any atom is -0.456 e. The molecule has 2 heterocycles. The Morgan fingerprint density at radius 2 is 2.42 bits per heavy atom. The summed E-state index contributed by atoms with van der Waals surface area (Å²) < 4.78 is 7.24. The number of hydrogen-bond acceptors (Lipinski definition) is 4. The first-order valence-corrected chi connectivity index (χ1v) is 6.31. The van der Waals surface area contributed by atoms with Crippen LogP contribution in [0.1, 0.15) is 46.3 Å². The Kier molecular flexibility index (Phi) is 2.87. The number of hydrogen-bond donors (Lipinski definition) is 2. The van der Waals surface area contributed by atoms with E-state index in [0.717, 1.165) is 11.3 Å². The molecule has 3 rings (SSSR count). The average molecular weight is 260 g/mol. The van der Waals surface area contributed by atoms with Gasteiger partial charge in [0, 0.05) is 17.7 Å². The third-order valence-corrected chi connectivity index (χ3v) is 3.36. The number of rotatable bonds is 4. The largest absolute Gasteiger partial charge is 0.456 e. The van der Waals surface area contributed by atoms with Gasteiger partial charge in [-0.15, -0.1) is 0 Å². The van der Waals surface area contributed by atoms with Crippen LogP contribution >= 0.6 is 0 Å². The number of nitrogens with zero attached hydrogens (tertiary/aromatic N) is 2. The maximum atomic E-state index is 11.4. The van der Waals surface area contributed by atoms with Crippen LogP contribution in [0, 0.1) is 6.92 Å². The number of nitrogen functional groups attached to an aromatic ring is 1. The van der Waals surface area contributed by atoms with Gasteiger partial charge in [-0.3, -0.25) is 14.9 Å². The van der Waals surface area contributed by atoms with Crippen molar-refractivity contribution in [1.82, 2.24) is 15.2 Å². The van der Waals surface area contributed by atoms with Gasteiger partial charge < -0.3 is 4.42 Å². The third kappa shape index (κ3) is 2.39. The fourth-order valence-electron chi connectivity index (χ4n) is 2.10. The molecule has 2 aromatic heterocycles. The summed E-state index contributed by atoms with van der Waals surface area (Å²) in [5, 5.41) is 4.53. The summed E-state index contributed by atoms with van der Waals surface area (Å²) in [6.45, 7) is 2.42. The van der Waals surface area contributed by atoms with Gasteiger partial charge in [0.2, 0.25) is 0 Å². The highest BCUT2D eigenvalue weighted by atomic mass is 16.4. The highest BCUT2D eigenvalue weighted by Gasteiger charge is 2.25. The van der Waals surface area contributed by atoms with E-state index in [1.165, 1.54) is 12.8 Å². The van der Waals surface area contributed by atoms with Crippen LogP contribution in [0.4, 0.5) is 0 Å². The zero-order chi connectivity index (χ0) is 13.4. The lowest BCUT2D eigenvalue weighted by Gasteiger charge is -1.99. The fraction of sp³-hybridized carbons (Fsp3) is 0.385. The first-order valence-electron chi connectivity index (χ1n) is 6.31. The summed E-state index contributed by atoms with van der Waals surface area (Å²) in [6.07, 6.45) is 4.44. The van der Waals surface area contributed by atoms with Gasteiger partial charge in [0.1, 0.15) is 5.76 Å². The molecule has 19 heavy (non-hydrogen) atoms. The van der Waals surface area contributed by atoms with Crippen LogP contribution in [0.3, 0.4) is 0 Å². The predicted octanol–water partition coefficient (Wildman–Crippen LogP) is 1.31. The lowest BCUT2D eigenvalue weighted by Crippen LogP contribution is -2.29. The van der Waals surface area contributed by atoms with Gasteiger partial charge in [0.05, 0.1) is 12.2 Å². The molecule has 1 aliphatic carbocycles. The highest BCUT2D eigenvalue weighted by molar-refractivity contribution is 5.91. The normalized spacial score (nSPS) is 14.6. The van der Waals surface area contributed by atoms with E-state index in [-0.39, 0.29) is 5.76 Å². The number of carbonyl (C=O) groups is 1. The summed E-state index contributed by atoms with van der Waals surface area (Å²) in [5.74, 6) is 6.24. The van der Waals surface area contributed by atoms with Gasteiger partial charge in [0.15, 0.2) is 5.76 Å². The molecule has 1 amide bonds. The molecule has 0 radical (unpaired) electrons. The van der Waals surface area contributed by atoms with E-state index in [9.17, 15) is 4.79 Å². The van der Waals surface area contributed by atoms with E-state index >= 15 is 0 Å². The summed E-state index contributed by atoms with van der Waals surface area (Å²) >= 11 is 0. The summed E-state index contributed by atoms with van der Waals surface area (Å²) in [5.41, 5.74) is 4.15. The molecule has 0 unspecified atom stereocenters. The van der Waals surface area contributed by atoms with Gasteiger partial charge in [-0.25, -0.2) is 5.84 Å². The van der Waals surface area contributed by atoms with Gasteiger partial charge in [0.25, 0.3) is 0 Å². The molecule has 6 heteroatoms. The maximum Gasteiger partial charge on any atom is 0.300 e. The van der Waals surface area contributed by atoms with Crippen molar-refractivity contribution in [3.8, 4) is 0 Å². The molecule has 0 atom stereocenters. The van der Waals surface area contributed by atoms with E-state index in [4.69, 9.17) is 10.3 Å². The van der Waals surface area contributed by atoms with Crippen molar-refractivity contribution < 1.29 is 9.21 Å². The van der Waals surface area contributed by atoms with Crippen LogP contribution in [-0.4, -0.2) is 15.7 Å². The molecule has 3 N–H and O–H groups in total. The first-order chi connectivity index (χ1) is 9.17. The molecule has 0 saturated heterocycles. The zero-order valence-corrected chi connectivity index (χ0v) is 10.7. The Balaban J connectivity index is 1.77. The van der Waals surface area contributed by atoms with Crippen molar-refractivity contribution in [2.24, 2.45) is 5.84 Å². The SMILES string of the molecule is Cc1oc(C(=O)NN)cc1Cn1ccc(C2CC2)n1. The lowest BCUT2D eigenvalue weighted by atomic mass is 10.2. The van der Waals surface area contributed by atoms with Crippen LogP contribution in [0.2, 0.25) is 0 Å². The lowest BCUT2D eigenvalue weighted by molar-refractivity contribution is 0.0924. The van der Waals surface area contributed by atoms with Crippen molar-refractivity contribution in [3.05, 3.63) is 41.1 Å². The van der Waals surface area contributed by atoms with Crippen molar-refractivity contribution in [1.29, 1.82) is 0 Å². The quantitative estimate of drug-likeness (QED) is 0.493. The molecule has 2 aromatic rings. The molecule has 1 saturated carbocycles. The van der Waals surface area contributed by atoms with E-state index < -0.39 is 5.91 Å². The molecule has 1 aliphatic rings. The standard InChI is InChI=1S/C13H16N4O2/c1-8-10(6-12(19-8)13(18)15-14)7-17-5-4-11(16-17)9-2-3-9/h4-6,9H,2-3,7,14H2,1H3,(H,15,18). The van der Waals surface area contributed by atoms with Gasteiger partial charge in [-0.05, 0) is 31.9 Å². The Morgan fingerprint density at radius 1 is 1.63 bits per heavy atom.